The Kier molecular flexibility index (Phi) is 3.81. The van der Waals surface area contributed by atoms with E-state index in [1.54, 1.807) is 0 Å². The van der Waals surface area contributed by atoms with Crippen molar-refractivity contribution in [2.45, 2.75) is 44.6 Å². The third-order valence-electron chi connectivity index (χ3n) is 4.69. The number of rotatable bonds is 1. The minimum Gasteiger partial charge on any atom is -0.336 e. The number of fused-ring (bicyclic) bond motifs is 2. The van der Waals surface area contributed by atoms with E-state index in [4.69, 9.17) is 0 Å². The van der Waals surface area contributed by atoms with E-state index in [9.17, 15) is 9.59 Å². The fourth-order valence-corrected chi connectivity index (χ4v) is 3.57. The van der Waals surface area contributed by atoms with E-state index in [1.165, 1.54) is 5.56 Å². The summed E-state index contributed by atoms with van der Waals surface area (Å²) in [5, 5.41) is 5.90. The van der Waals surface area contributed by atoms with Crippen molar-refractivity contribution in [3.05, 3.63) is 29.8 Å². The second kappa shape index (κ2) is 5.63. The lowest BCUT2D eigenvalue weighted by Crippen LogP contribution is -2.51. The smallest absolute Gasteiger partial charge is 0.317 e. The summed E-state index contributed by atoms with van der Waals surface area (Å²) in [6.07, 6.45) is 2.19. The molecule has 3 amide bonds. The Hall–Kier alpha value is -2.04. The number of para-hydroxylation sites is 1. The Bertz CT molecular complexity index is 589. The van der Waals surface area contributed by atoms with Crippen LogP contribution in [0, 0.1) is 0 Å². The largest absolute Gasteiger partial charge is 0.336 e. The van der Waals surface area contributed by atoms with Gasteiger partial charge in [-0.2, -0.15) is 0 Å². The first-order chi connectivity index (χ1) is 10.5. The molecule has 2 N–H and O–H groups in total. The summed E-state index contributed by atoms with van der Waals surface area (Å²) < 4.78 is 0. The van der Waals surface area contributed by atoms with Gasteiger partial charge in [-0.1, -0.05) is 18.2 Å². The molecule has 3 rings (SSSR count). The molecule has 118 valence electrons. The van der Waals surface area contributed by atoms with Gasteiger partial charge in [0, 0.05) is 36.7 Å². The van der Waals surface area contributed by atoms with E-state index in [1.807, 2.05) is 36.9 Å². The van der Waals surface area contributed by atoms with E-state index < -0.39 is 0 Å². The van der Waals surface area contributed by atoms with Gasteiger partial charge in [0.1, 0.15) is 0 Å². The SMILES string of the molecule is CC(C)NC(=O)N1CCC2(CC1)CC(=O)Nc1ccccc12. The zero-order valence-electron chi connectivity index (χ0n) is 13.2. The molecule has 1 aromatic carbocycles. The molecule has 5 heteroatoms. The predicted molar refractivity (Wildman–Crippen MR) is 85.8 cm³/mol. The second-order valence-corrected chi connectivity index (χ2v) is 6.64. The van der Waals surface area contributed by atoms with Gasteiger partial charge in [0.15, 0.2) is 0 Å². The zero-order chi connectivity index (χ0) is 15.7. The van der Waals surface area contributed by atoms with Crippen LogP contribution in [0.5, 0.6) is 0 Å². The number of nitrogens with one attached hydrogen (secondary N) is 2. The lowest BCUT2D eigenvalue weighted by Gasteiger charge is -2.44. The summed E-state index contributed by atoms with van der Waals surface area (Å²) in [6.45, 7) is 5.32. The normalized spacial score (nSPS) is 19.8. The highest BCUT2D eigenvalue weighted by atomic mass is 16.2. The predicted octanol–water partition coefficient (Wildman–Crippen LogP) is 2.48. The highest BCUT2D eigenvalue weighted by Gasteiger charge is 2.42. The van der Waals surface area contributed by atoms with Gasteiger partial charge >= 0.3 is 6.03 Å². The topological polar surface area (TPSA) is 61.4 Å². The van der Waals surface area contributed by atoms with E-state index in [0.29, 0.717) is 19.5 Å². The van der Waals surface area contributed by atoms with Gasteiger partial charge in [0.2, 0.25) is 5.91 Å². The van der Waals surface area contributed by atoms with Crippen molar-refractivity contribution >= 4 is 17.6 Å². The van der Waals surface area contributed by atoms with Gasteiger partial charge in [-0.3, -0.25) is 4.79 Å². The molecular weight excluding hydrogens is 278 g/mol. The summed E-state index contributed by atoms with van der Waals surface area (Å²) >= 11 is 0. The van der Waals surface area contributed by atoms with E-state index in [0.717, 1.165) is 18.5 Å². The van der Waals surface area contributed by atoms with Gasteiger partial charge < -0.3 is 15.5 Å². The lowest BCUT2D eigenvalue weighted by molar-refractivity contribution is -0.118. The number of nitrogens with zero attached hydrogens (tertiary/aromatic N) is 1. The molecule has 0 bridgehead atoms. The van der Waals surface area contributed by atoms with Gasteiger partial charge in [0.05, 0.1) is 0 Å². The third kappa shape index (κ3) is 2.67. The number of hydrogen-bond acceptors (Lipinski definition) is 2. The molecule has 0 atom stereocenters. The molecule has 0 saturated carbocycles. The highest BCUT2D eigenvalue weighted by Crippen LogP contribution is 2.44. The summed E-state index contributed by atoms with van der Waals surface area (Å²) in [7, 11) is 0. The Balaban J connectivity index is 1.77. The van der Waals surface area contributed by atoms with Crippen LogP contribution in [0.4, 0.5) is 10.5 Å². The van der Waals surface area contributed by atoms with Crippen LogP contribution < -0.4 is 10.6 Å². The molecule has 0 unspecified atom stereocenters. The number of amides is 3. The van der Waals surface area contributed by atoms with Crippen LogP contribution in [0.25, 0.3) is 0 Å². The Labute approximate surface area is 131 Å². The van der Waals surface area contributed by atoms with Gasteiger partial charge in [-0.25, -0.2) is 4.79 Å². The average Bonchev–Trinajstić information content (AvgIpc) is 2.47. The molecule has 1 fully saturated rings. The molecule has 2 aliphatic rings. The lowest BCUT2D eigenvalue weighted by atomic mass is 9.68. The molecule has 5 nitrogen and oxygen atoms in total. The van der Waals surface area contributed by atoms with Crippen LogP contribution in [0.2, 0.25) is 0 Å². The van der Waals surface area contributed by atoms with Crippen LogP contribution in [-0.2, 0) is 10.2 Å². The van der Waals surface area contributed by atoms with Crippen molar-refractivity contribution in [3.63, 3.8) is 0 Å². The number of likely N-dealkylation sites (tertiary alicyclic amines) is 1. The molecule has 0 aliphatic carbocycles. The Morgan fingerprint density at radius 1 is 1.27 bits per heavy atom. The van der Waals surface area contributed by atoms with Crippen molar-refractivity contribution in [1.29, 1.82) is 0 Å². The average molecular weight is 301 g/mol. The quantitative estimate of drug-likeness (QED) is 0.837. The second-order valence-electron chi connectivity index (χ2n) is 6.64. The number of piperidine rings is 1. The number of hydrogen-bond donors (Lipinski definition) is 2. The maximum absolute atomic E-state index is 12.1. The van der Waals surface area contributed by atoms with Crippen LogP contribution in [-0.4, -0.2) is 36.0 Å². The van der Waals surface area contributed by atoms with Crippen LogP contribution >= 0.6 is 0 Å². The highest BCUT2D eigenvalue weighted by molar-refractivity contribution is 5.95. The zero-order valence-corrected chi connectivity index (χ0v) is 13.2. The standard InChI is InChI=1S/C17H23N3O2/c1-12(2)18-16(22)20-9-7-17(8-10-20)11-15(21)19-14-6-4-3-5-13(14)17/h3-6,12H,7-11H2,1-2H3,(H,18,22)(H,19,21). The Morgan fingerprint density at radius 3 is 2.64 bits per heavy atom. The molecule has 1 saturated heterocycles. The van der Waals surface area contributed by atoms with Crippen molar-refractivity contribution in [3.8, 4) is 0 Å². The first-order valence-electron chi connectivity index (χ1n) is 7.95. The van der Waals surface area contributed by atoms with Gasteiger partial charge in [-0.05, 0) is 38.3 Å². The number of benzene rings is 1. The van der Waals surface area contributed by atoms with E-state index in [2.05, 4.69) is 16.7 Å². The Morgan fingerprint density at radius 2 is 1.95 bits per heavy atom. The fourth-order valence-electron chi connectivity index (χ4n) is 3.57. The number of carbonyl (C=O) groups is 2. The number of urea groups is 1. The summed E-state index contributed by atoms with van der Waals surface area (Å²) in [4.78, 5) is 26.0. The molecule has 0 radical (unpaired) electrons. The first kappa shape index (κ1) is 14.9. The molecule has 0 aromatic heterocycles. The summed E-state index contributed by atoms with van der Waals surface area (Å²) in [6, 6.07) is 8.19. The third-order valence-corrected chi connectivity index (χ3v) is 4.69. The van der Waals surface area contributed by atoms with Crippen LogP contribution in [0.1, 0.15) is 38.7 Å². The van der Waals surface area contributed by atoms with Crippen molar-refractivity contribution in [1.82, 2.24) is 10.2 Å². The molecule has 1 aromatic rings. The number of carbonyl (C=O) groups excluding carboxylic acids is 2. The van der Waals surface area contributed by atoms with Gasteiger partial charge in [0.25, 0.3) is 0 Å². The van der Waals surface area contributed by atoms with Crippen LogP contribution in [0.3, 0.4) is 0 Å². The molecule has 2 aliphatic heterocycles. The molecule has 2 heterocycles. The monoisotopic (exact) mass is 301 g/mol. The maximum atomic E-state index is 12.1. The molecule has 1 spiro atoms. The van der Waals surface area contributed by atoms with Crippen molar-refractivity contribution in [2.75, 3.05) is 18.4 Å². The summed E-state index contributed by atoms with van der Waals surface area (Å²) in [5.74, 6) is 0.0822. The first-order valence-corrected chi connectivity index (χ1v) is 7.95. The molecule has 22 heavy (non-hydrogen) atoms. The maximum Gasteiger partial charge on any atom is 0.317 e. The molecular formula is C17H23N3O2. The van der Waals surface area contributed by atoms with E-state index >= 15 is 0 Å². The van der Waals surface area contributed by atoms with E-state index in [-0.39, 0.29) is 23.4 Å². The van der Waals surface area contributed by atoms with Crippen molar-refractivity contribution < 1.29 is 9.59 Å². The minimum absolute atomic E-state index is 0.00149. The summed E-state index contributed by atoms with van der Waals surface area (Å²) in [5.41, 5.74) is 2.03. The van der Waals surface area contributed by atoms with Crippen molar-refractivity contribution in [2.24, 2.45) is 0 Å². The number of anilines is 1. The van der Waals surface area contributed by atoms with Crippen LogP contribution in [0.15, 0.2) is 24.3 Å². The van der Waals surface area contributed by atoms with Gasteiger partial charge in [-0.15, -0.1) is 0 Å². The minimum atomic E-state index is -0.118. The fraction of sp³-hybridized carbons (Fsp3) is 0.529.